The maximum atomic E-state index is 13.2. The van der Waals surface area contributed by atoms with Crippen LogP contribution in [-0.2, 0) is 32.0 Å². The zero-order valence-electron chi connectivity index (χ0n) is 20.7. The number of benzene rings is 2. The van der Waals surface area contributed by atoms with E-state index >= 15 is 0 Å². The van der Waals surface area contributed by atoms with Crippen LogP contribution in [-0.4, -0.2) is 51.6 Å². The van der Waals surface area contributed by atoms with Crippen LogP contribution in [0.1, 0.15) is 29.3 Å². The van der Waals surface area contributed by atoms with Gasteiger partial charge in [0.1, 0.15) is 31.1 Å². The SMILES string of the molecule is Cc1cn(C2CC(OC(=O)C(Cc3ccccc3)NC(=O)OCc3ccccc3)C(CO)O2)c(=O)[nH]c1=O. The Bertz CT molecular complexity index is 1360. The smallest absolute Gasteiger partial charge is 0.408 e. The summed E-state index contributed by atoms with van der Waals surface area (Å²) in [4.78, 5) is 52.0. The summed E-state index contributed by atoms with van der Waals surface area (Å²) < 4.78 is 17.9. The van der Waals surface area contributed by atoms with Crippen molar-refractivity contribution in [3.63, 3.8) is 0 Å². The highest BCUT2D eigenvalue weighted by atomic mass is 16.6. The van der Waals surface area contributed by atoms with E-state index in [0.29, 0.717) is 5.56 Å². The Hall–Kier alpha value is -4.22. The minimum absolute atomic E-state index is 0.0256. The molecular formula is C27H29N3O8. The number of nitrogens with one attached hydrogen (secondary N) is 2. The van der Waals surface area contributed by atoms with E-state index in [4.69, 9.17) is 14.2 Å². The van der Waals surface area contributed by atoms with Gasteiger partial charge >= 0.3 is 17.8 Å². The number of carbonyl (C=O) groups is 2. The highest BCUT2D eigenvalue weighted by Crippen LogP contribution is 2.30. The highest BCUT2D eigenvalue weighted by Gasteiger charge is 2.40. The molecule has 3 aromatic rings. The number of aliphatic hydroxyl groups excluding tert-OH is 1. The summed E-state index contributed by atoms with van der Waals surface area (Å²) in [6, 6.07) is 17.1. The van der Waals surface area contributed by atoms with Gasteiger partial charge in [-0.1, -0.05) is 60.7 Å². The van der Waals surface area contributed by atoms with Crippen molar-refractivity contribution in [3.05, 3.63) is 104 Å². The van der Waals surface area contributed by atoms with E-state index in [1.165, 1.54) is 10.8 Å². The van der Waals surface area contributed by atoms with Gasteiger partial charge in [0.05, 0.1) is 6.61 Å². The molecule has 2 heterocycles. The van der Waals surface area contributed by atoms with Crippen molar-refractivity contribution in [1.29, 1.82) is 0 Å². The number of aromatic nitrogens is 2. The molecule has 11 heteroatoms. The molecule has 1 aliphatic heterocycles. The summed E-state index contributed by atoms with van der Waals surface area (Å²) in [5.74, 6) is -0.747. The number of nitrogens with zero attached hydrogens (tertiary/aromatic N) is 1. The zero-order valence-corrected chi connectivity index (χ0v) is 20.7. The van der Waals surface area contributed by atoms with Gasteiger partial charge in [0.2, 0.25) is 0 Å². The molecule has 3 N–H and O–H groups in total. The normalized spacial score (nSPS) is 19.5. The first-order chi connectivity index (χ1) is 18.3. The van der Waals surface area contributed by atoms with Crippen LogP contribution < -0.4 is 16.6 Å². The van der Waals surface area contributed by atoms with Crippen molar-refractivity contribution in [2.24, 2.45) is 0 Å². The van der Waals surface area contributed by atoms with Crippen LogP contribution in [0.3, 0.4) is 0 Å². The number of hydrogen-bond donors (Lipinski definition) is 3. The fourth-order valence-electron chi connectivity index (χ4n) is 4.14. The minimum Gasteiger partial charge on any atom is -0.458 e. The van der Waals surface area contributed by atoms with Gasteiger partial charge in [0.25, 0.3) is 5.56 Å². The van der Waals surface area contributed by atoms with Crippen molar-refractivity contribution in [3.8, 4) is 0 Å². The number of carbonyl (C=O) groups excluding carboxylic acids is 2. The van der Waals surface area contributed by atoms with E-state index in [1.54, 1.807) is 6.92 Å². The molecule has 38 heavy (non-hydrogen) atoms. The lowest BCUT2D eigenvalue weighted by Crippen LogP contribution is -2.45. The second-order valence-electron chi connectivity index (χ2n) is 8.95. The third kappa shape index (κ3) is 6.75. The Kier molecular flexibility index (Phi) is 8.72. The van der Waals surface area contributed by atoms with Gasteiger partial charge in [-0.25, -0.2) is 14.4 Å². The number of alkyl carbamates (subject to hydrolysis) is 1. The van der Waals surface area contributed by atoms with Gasteiger partial charge < -0.3 is 24.6 Å². The van der Waals surface area contributed by atoms with E-state index in [9.17, 15) is 24.3 Å². The number of aryl methyl sites for hydroxylation is 1. The van der Waals surface area contributed by atoms with Gasteiger partial charge in [0, 0.05) is 24.6 Å². The number of aromatic amines is 1. The van der Waals surface area contributed by atoms with Crippen molar-refractivity contribution in [1.82, 2.24) is 14.9 Å². The molecule has 0 radical (unpaired) electrons. The Balaban J connectivity index is 1.46. The van der Waals surface area contributed by atoms with Crippen molar-refractivity contribution < 1.29 is 28.9 Å². The van der Waals surface area contributed by atoms with E-state index in [1.807, 2.05) is 60.7 Å². The van der Waals surface area contributed by atoms with Crippen molar-refractivity contribution >= 4 is 12.1 Å². The van der Waals surface area contributed by atoms with Crippen LogP contribution >= 0.6 is 0 Å². The molecule has 2 aromatic carbocycles. The average Bonchev–Trinajstić information content (AvgIpc) is 3.32. The van der Waals surface area contributed by atoms with Crippen molar-refractivity contribution in [2.75, 3.05) is 6.61 Å². The van der Waals surface area contributed by atoms with Crippen LogP contribution in [0.15, 0.2) is 76.4 Å². The second kappa shape index (κ2) is 12.3. The fraction of sp³-hybridized carbons (Fsp3) is 0.333. The Morgan fingerprint density at radius 1 is 1.11 bits per heavy atom. The zero-order chi connectivity index (χ0) is 27.1. The third-order valence-corrected chi connectivity index (χ3v) is 6.16. The predicted octanol–water partition coefficient (Wildman–Crippen LogP) is 1.57. The number of rotatable bonds is 9. The number of aliphatic hydroxyl groups is 1. The molecule has 1 aromatic heterocycles. The first kappa shape index (κ1) is 26.8. The Morgan fingerprint density at radius 2 is 1.76 bits per heavy atom. The molecule has 200 valence electrons. The van der Waals surface area contributed by atoms with Gasteiger partial charge in [0.15, 0.2) is 0 Å². The van der Waals surface area contributed by atoms with Gasteiger partial charge in [-0.3, -0.25) is 14.3 Å². The number of hydrogen-bond acceptors (Lipinski definition) is 8. The lowest BCUT2D eigenvalue weighted by atomic mass is 10.1. The molecule has 4 rings (SSSR count). The molecule has 0 bridgehead atoms. The van der Waals surface area contributed by atoms with Crippen LogP contribution in [0.25, 0.3) is 0 Å². The lowest BCUT2D eigenvalue weighted by Gasteiger charge is -2.22. The molecule has 4 unspecified atom stereocenters. The first-order valence-electron chi connectivity index (χ1n) is 12.1. The molecule has 1 aliphatic rings. The number of esters is 1. The standard InChI is InChI=1S/C27H29N3O8/c1-17-14-30(26(34)29-24(17)32)23-13-21(22(15-31)37-23)38-25(33)20(12-18-8-4-2-5-9-18)28-27(35)36-16-19-10-6-3-7-11-19/h2-11,14,20-23,31H,12-13,15-16H2,1H3,(H,28,35)(H,29,32,34). The molecule has 0 spiro atoms. The quantitative estimate of drug-likeness (QED) is 0.358. The maximum absolute atomic E-state index is 13.2. The average molecular weight is 524 g/mol. The van der Waals surface area contributed by atoms with E-state index in [0.717, 1.165) is 11.1 Å². The minimum atomic E-state index is -1.09. The molecule has 1 amide bonds. The Labute approximate surface area is 218 Å². The van der Waals surface area contributed by atoms with Gasteiger partial charge in [-0.05, 0) is 18.1 Å². The summed E-state index contributed by atoms with van der Waals surface area (Å²) in [6.45, 7) is 1.10. The number of amides is 1. The summed E-state index contributed by atoms with van der Waals surface area (Å²) in [5.41, 5.74) is 0.680. The number of H-pyrrole nitrogens is 1. The third-order valence-electron chi connectivity index (χ3n) is 6.16. The molecule has 0 aliphatic carbocycles. The molecule has 1 saturated heterocycles. The van der Waals surface area contributed by atoms with Gasteiger partial charge in [-0.15, -0.1) is 0 Å². The topological polar surface area (TPSA) is 149 Å². The monoisotopic (exact) mass is 523 g/mol. The molecule has 4 atom stereocenters. The maximum Gasteiger partial charge on any atom is 0.408 e. The van der Waals surface area contributed by atoms with E-state index in [-0.39, 0.29) is 19.4 Å². The summed E-state index contributed by atoms with van der Waals surface area (Å²) in [6.07, 6.45) is -1.93. The van der Waals surface area contributed by atoms with Crippen molar-refractivity contribution in [2.45, 2.75) is 50.8 Å². The summed E-state index contributed by atoms with van der Waals surface area (Å²) in [5, 5.41) is 12.4. The Morgan fingerprint density at radius 3 is 2.42 bits per heavy atom. The first-order valence-corrected chi connectivity index (χ1v) is 12.1. The highest BCUT2D eigenvalue weighted by molar-refractivity contribution is 5.81. The molecule has 1 fully saturated rings. The lowest BCUT2D eigenvalue weighted by molar-refractivity contribution is -0.155. The molecule has 11 nitrogen and oxygen atoms in total. The van der Waals surface area contributed by atoms with Crippen LogP contribution in [0.4, 0.5) is 4.79 Å². The van der Waals surface area contributed by atoms with Crippen LogP contribution in [0.5, 0.6) is 0 Å². The molecule has 0 saturated carbocycles. The summed E-state index contributed by atoms with van der Waals surface area (Å²) >= 11 is 0. The fourth-order valence-corrected chi connectivity index (χ4v) is 4.14. The molecular weight excluding hydrogens is 494 g/mol. The van der Waals surface area contributed by atoms with Crippen LogP contribution in [0.2, 0.25) is 0 Å². The van der Waals surface area contributed by atoms with Gasteiger partial charge in [-0.2, -0.15) is 0 Å². The van der Waals surface area contributed by atoms with E-state index in [2.05, 4.69) is 10.3 Å². The number of ether oxygens (including phenoxy) is 3. The second-order valence-corrected chi connectivity index (χ2v) is 8.95. The predicted molar refractivity (Wildman–Crippen MR) is 135 cm³/mol. The van der Waals surface area contributed by atoms with Crippen LogP contribution in [0, 0.1) is 6.92 Å². The van der Waals surface area contributed by atoms with E-state index < -0.39 is 54.4 Å². The largest absolute Gasteiger partial charge is 0.458 e. The summed E-state index contributed by atoms with van der Waals surface area (Å²) in [7, 11) is 0.